The lowest BCUT2D eigenvalue weighted by atomic mass is 10.2. The number of pyridine rings is 1. The molecule has 0 atom stereocenters. The van der Waals surface area contributed by atoms with Crippen LogP contribution in [0.4, 0.5) is 0 Å². The zero-order chi connectivity index (χ0) is 12.1. The Hall–Kier alpha value is -0.710. The Morgan fingerprint density at radius 1 is 1.29 bits per heavy atom. The Morgan fingerprint density at radius 2 is 2.06 bits per heavy atom. The molecule has 4 heteroatoms. The van der Waals surface area contributed by atoms with Crippen LogP contribution >= 0.6 is 27.3 Å². The molecule has 2 heterocycles. The first-order chi connectivity index (χ1) is 8.25. The molecule has 2 rings (SSSR count). The summed E-state index contributed by atoms with van der Waals surface area (Å²) in [5, 5.41) is 2.12. The fraction of sp³-hybridized carbons (Fsp3) is 0.308. The first-order valence-electron chi connectivity index (χ1n) is 5.55. The average molecular weight is 311 g/mol. The van der Waals surface area contributed by atoms with E-state index in [-0.39, 0.29) is 0 Å². The van der Waals surface area contributed by atoms with Crippen molar-refractivity contribution in [3.63, 3.8) is 0 Å². The minimum Gasteiger partial charge on any atom is -0.301 e. The van der Waals surface area contributed by atoms with Crippen molar-refractivity contribution in [3.8, 4) is 0 Å². The molecular formula is C13H15BrN2S. The van der Waals surface area contributed by atoms with Gasteiger partial charge < -0.3 is 4.90 Å². The summed E-state index contributed by atoms with van der Waals surface area (Å²) in [6, 6.07) is 6.26. The summed E-state index contributed by atoms with van der Waals surface area (Å²) < 4.78 is 1.22. The number of hydrogen-bond acceptors (Lipinski definition) is 3. The smallest absolute Gasteiger partial charge is 0.0336 e. The first kappa shape index (κ1) is 12.7. The van der Waals surface area contributed by atoms with Crippen LogP contribution in [0.3, 0.4) is 0 Å². The number of hydrogen-bond donors (Lipinski definition) is 0. The fourth-order valence-corrected chi connectivity index (χ4v) is 3.19. The summed E-state index contributed by atoms with van der Waals surface area (Å²) in [5.74, 6) is 0. The number of halogens is 1. The molecule has 17 heavy (non-hydrogen) atoms. The van der Waals surface area contributed by atoms with Crippen LogP contribution < -0.4 is 0 Å². The van der Waals surface area contributed by atoms with E-state index in [9.17, 15) is 0 Å². The van der Waals surface area contributed by atoms with Crippen LogP contribution in [0, 0.1) is 0 Å². The van der Waals surface area contributed by atoms with Gasteiger partial charge in [0.1, 0.15) is 0 Å². The lowest BCUT2D eigenvalue weighted by Gasteiger charge is -2.15. The van der Waals surface area contributed by atoms with Gasteiger partial charge in [-0.05, 0) is 58.5 Å². The van der Waals surface area contributed by atoms with Crippen LogP contribution in [0.25, 0.3) is 0 Å². The lowest BCUT2D eigenvalue weighted by molar-refractivity contribution is 0.333. The van der Waals surface area contributed by atoms with Crippen molar-refractivity contribution in [1.29, 1.82) is 0 Å². The molecular weight excluding hydrogens is 296 g/mol. The lowest BCUT2D eigenvalue weighted by Crippen LogP contribution is -2.20. The van der Waals surface area contributed by atoms with E-state index in [1.807, 2.05) is 12.4 Å². The van der Waals surface area contributed by atoms with E-state index >= 15 is 0 Å². The predicted octanol–water partition coefficient (Wildman–Crippen LogP) is 3.58. The van der Waals surface area contributed by atoms with Crippen LogP contribution in [0.5, 0.6) is 0 Å². The molecule has 0 bridgehead atoms. The summed E-state index contributed by atoms with van der Waals surface area (Å²) in [7, 11) is 2.16. The molecule has 0 aliphatic carbocycles. The predicted molar refractivity (Wildman–Crippen MR) is 76.3 cm³/mol. The third-order valence-corrected chi connectivity index (χ3v) is 4.55. The van der Waals surface area contributed by atoms with Gasteiger partial charge in [0.05, 0.1) is 0 Å². The topological polar surface area (TPSA) is 16.1 Å². The maximum atomic E-state index is 4.03. The van der Waals surface area contributed by atoms with Gasteiger partial charge in [-0.2, -0.15) is 0 Å². The number of likely N-dealkylation sites (N-methyl/N-ethyl adjacent to an activating group) is 1. The highest BCUT2D eigenvalue weighted by atomic mass is 79.9. The van der Waals surface area contributed by atoms with E-state index in [0.29, 0.717) is 0 Å². The van der Waals surface area contributed by atoms with E-state index in [0.717, 1.165) is 19.5 Å². The van der Waals surface area contributed by atoms with E-state index in [1.165, 1.54) is 14.9 Å². The van der Waals surface area contributed by atoms with Gasteiger partial charge in [-0.15, -0.1) is 11.3 Å². The molecule has 2 aromatic heterocycles. The number of thiophene rings is 1. The normalized spacial score (nSPS) is 11.0. The SMILES string of the molecule is CN(CCc1ccncc1)Cc1sccc1Br. The second kappa shape index (κ2) is 6.28. The Kier molecular flexibility index (Phi) is 4.71. The zero-order valence-corrected chi connectivity index (χ0v) is 12.2. The molecule has 0 aliphatic rings. The Bertz CT molecular complexity index is 455. The standard InChI is InChI=1S/C13H15BrN2S/c1-16(10-13-12(14)5-9-17-13)8-4-11-2-6-15-7-3-11/h2-3,5-7,9H,4,8,10H2,1H3. The Balaban J connectivity index is 1.82. The van der Waals surface area contributed by atoms with Gasteiger partial charge in [0.2, 0.25) is 0 Å². The van der Waals surface area contributed by atoms with Gasteiger partial charge in [0.15, 0.2) is 0 Å². The Morgan fingerprint density at radius 3 is 2.71 bits per heavy atom. The number of rotatable bonds is 5. The van der Waals surface area contributed by atoms with Gasteiger partial charge in [-0.1, -0.05) is 0 Å². The van der Waals surface area contributed by atoms with E-state index in [4.69, 9.17) is 0 Å². The Labute approximate surface area is 114 Å². The summed E-state index contributed by atoms with van der Waals surface area (Å²) in [6.07, 6.45) is 4.78. The summed E-state index contributed by atoms with van der Waals surface area (Å²) in [6.45, 7) is 2.07. The largest absolute Gasteiger partial charge is 0.301 e. The molecule has 0 aliphatic heterocycles. The van der Waals surface area contributed by atoms with Crippen molar-refractivity contribution in [3.05, 3.63) is 50.9 Å². The molecule has 0 spiro atoms. The average Bonchev–Trinajstić information content (AvgIpc) is 2.74. The summed E-state index contributed by atoms with van der Waals surface area (Å²) >= 11 is 5.37. The maximum absolute atomic E-state index is 4.03. The summed E-state index contributed by atoms with van der Waals surface area (Å²) in [5.41, 5.74) is 1.34. The highest BCUT2D eigenvalue weighted by molar-refractivity contribution is 9.10. The highest BCUT2D eigenvalue weighted by Crippen LogP contribution is 2.23. The van der Waals surface area contributed by atoms with Crippen molar-refractivity contribution >= 4 is 27.3 Å². The summed E-state index contributed by atoms with van der Waals surface area (Å²) in [4.78, 5) is 7.76. The minimum absolute atomic E-state index is 1.00. The zero-order valence-electron chi connectivity index (χ0n) is 9.77. The molecule has 0 saturated carbocycles. The quantitative estimate of drug-likeness (QED) is 0.839. The van der Waals surface area contributed by atoms with E-state index in [2.05, 4.69) is 56.4 Å². The van der Waals surface area contributed by atoms with Crippen LogP contribution in [-0.4, -0.2) is 23.5 Å². The minimum atomic E-state index is 1.00. The fourth-order valence-electron chi connectivity index (χ4n) is 1.63. The van der Waals surface area contributed by atoms with E-state index in [1.54, 1.807) is 11.3 Å². The van der Waals surface area contributed by atoms with E-state index < -0.39 is 0 Å². The molecule has 2 nitrogen and oxygen atoms in total. The van der Waals surface area contributed by atoms with Crippen molar-refractivity contribution < 1.29 is 0 Å². The van der Waals surface area contributed by atoms with Gasteiger partial charge in [0.25, 0.3) is 0 Å². The molecule has 0 saturated heterocycles. The van der Waals surface area contributed by atoms with Crippen LogP contribution in [0.2, 0.25) is 0 Å². The molecule has 90 valence electrons. The van der Waals surface area contributed by atoms with Crippen molar-refractivity contribution in [2.75, 3.05) is 13.6 Å². The second-order valence-electron chi connectivity index (χ2n) is 4.03. The molecule has 0 fully saturated rings. The van der Waals surface area contributed by atoms with Gasteiger partial charge in [-0.25, -0.2) is 0 Å². The molecule has 2 aromatic rings. The number of aromatic nitrogens is 1. The second-order valence-corrected chi connectivity index (χ2v) is 5.89. The third-order valence-electron chi connectivity index (χ3n) is 2.64. The first-order valence-corrected chi connectivity index (χ1v) is 7.22. The third kappa shape index (κ3) is 3.91. The highest BCUT2D eigenvalue weighted by Gasteiger charge is 2.05. The number of nitrogens with zero attached hydrogens (tertiary/aromatic N) is 2. The monoisotopic (exact) mass is 310 g/mol. The molecule has 0 N–H and O–H groups in total. The van der Waals surface area contributed by atoms with Crippen LogP contribution in [-0.2, 0) is 13.0 Å². The molecule has 0 unspecified atom stereocenters. The van der Waals surface area contributed by atoms with Gasteiger partial charge in [-0.3, -0.25) is 4.98 Å². The molecule has 0 aromatic carbocycles. The van der Waals surface area contributed by atoms with Crippen molar-refractivity contribution in [2.45, 2.75) is 13.0 Å². The molecule has 0 radical (unpaired) electrons. The van der Waals surface area contributed by atoms with Gasteiger partial charge >= 0.3 is 0 Å². The van der Waals surface area contributed by atoms with Crippen LogP contribution in [0.1, 0.15) is 10.4 Å². The van der Waals surface area contributed by atoms with Crippen LogP contribution in [0.15, 0.2) is 40.4 Å². The van der Waals surface area contributed by atoms with Crippen molar-refractivity contribution in [2.24, 2.45) is 0 Å². The van der Waals surface area contributed by atoms with Gasteiger partial charge in [0, 0.05) is 34.8 Å². The maximum Gasteiger partial charge on any atom is 0.0336 e. The van der Waals surface area contributed by atoms with Crippen molar-refractivity contribution in [1.82, 2.24) is 9.88 Å². The molecule has 0 amide bonds.